The van der Waals surface area contributed by atoms with Crippen molar-refractivity contribution in [3.8, 4) is 5.88 Å². The Balaban J connectivity index is 2.36. The van der Waals surface area contributed by atoms with E-state index in [9.17, 15) is 9.59 Å². The zero-order valence-electron chi connectivity index (χ0n) is 12.9. The molecule has 3 rings (SSSR count). The van der Waals surface area contributed by atoms with Gasteiger partial charge in [0.2, 0.25) is 5.88 Å². The molecule has 0 aliphatic carbocycles. The molecule has 1 aliphatic heterocycles. The van der Waals surface area contributed by atoms with Gasteiger partial charge in [0.05, 0.1) is 11.5 Å². The van der Waals surface area contributed by atoms with Crippen molar-refractivity contribution in [1.82, 2.24) is 9.97 Å². The van der Waals surface area contributed by atoms with Gasteiger partial charge in [-0.1, -0.05) is 29.8 Å². The van der Waals surface area contributed by atoms with E-state index < -0.39 is 5.92 Å². The van der Waals surface area contributed by atoms with E-state index in [2.05, 4.69) is 9.97 Å². The van der Waals surface area contributed by atoms with Gasteiger partial charge in [0.15, 0.2) is 5.78 Å². The van der Waals surface area contributed by atoms with Crippen molar-refractivity contribution in [1.29, 1.82) is 0 Å². The summed E-state index contributed by atoms with van der Waals surface area (Å²) >= 11 is 6.32. The van der Waals surface area contributed by atoms with Crippen molar-refractivity contribution in [2.45, 2.75) is 26.7 Å². The maximum atomic E-state index is 12.5. The van der Waals surface area contributed by atoms with Crippen LogP contribution in [0.25, 0.3) is 0 Å². The summed E-state index contributed by atoms with van der Waals surface area (Å²) in [6.45, 7) is 4.82. The lowest BCUT2D eigenvalue weighted by Gasteiger charge is -2.28. The first-order valence-electron chi connectivity index (χ1n) is 7.15. The van der Waals surface area contributed by atoms with Crippen molar-refractivity contribution in [3.63, 3.8) is 0 Å². The number of halogens is 1. The van der Waals surface area contributed by atoms with Gasteiger partial charge >= 0.3 is 0 Å². The molecule has 1 aromatic heterocycles. The van der Waals surface area contributed by atoms with Crippen molar-refractivity contribution < 1.29 is 9.53 Å². The number of aryl methyl sites for hydroxylation is 1. The molecule has 0 unspecified atom stereocenters. The third-order valence-electron chi connectivity index (χ3n) is 3.84. The van der Waals surface area contributed by atoms with E-state index in [-0.39, 0.29) is 17.2 Å². The lowest BCUT2D eigenvalue weighted by molar-refractivity contribution is -0.114. The lowest BCUT2D eigenvalue weighted by atomic mass is 9.82. The number of Topliss-reactive ketones (excluding diaryl/α,β-unsaturated/α-hetero) is 1. The second-order valence-electron chi connectivity index (χ2n) is 5.45. The first-order chi connectivity index (χ1) is 10.9. The van der Waals surface area contributed by atoms with Gasteiger partial charge in [-0.05, 0) is 32.4 Å². The number of aromatic amines is 1. The predicted molar refractivity (Wildman–Crippen MR) is 86.9 cm³/mol. The Bertz CT molecular complexity index is 899. The zero-order chi connectivity index (χ0) is 16.7. The van der Waals surface area contributed by atoms with Gasteiger partial charge in [-0.3, -0.25) is 9.59 Å². The molecular weight excluding hydrogens is 316 g/mol. The highest BCUT2D eigenvalue weighted by atomic mass is 35.5. The molecule has 5 nitrogen and oxygen atoms in total. The van der Waals surface area contributed by atoms with E-state index in [0.29, 0.717) is 33.3 Å². The molecule has 0 radical (unpaired) electrons. The summed E-state index contributed by atoms with van der Waals surface area (Å²) in [6, 6.07) is 7.15. The van der Waals surface area contributed by atoms with Crippen molar-refractivity contribution in [2.24, 2.45) is 0 Å². The van der Waals surface area contributed by atoms with Crippen molar-refractivity contribution in [2.75, 3.05) is 0 Å². The SMILES string of the molecule is CC(=O)C1=C(C)Oc2nc(C)[nH]c(=O)c2[C@@H]1c1ccccc1Cl. The van der Waals surface area contributed by atoms with E-state index in [4.69, 9.17) is 16.3 Å². The van der Waals surface area contributed by atoms with Gasteiger partial charge in [0, 0.05) is 10.6 Å². The standard InChI is InChI=1S/C17H15ClN2O3/c1-8(21)13-9(2)23-17-15(16(22)19-10(3)20-17)14(13)11-6-4-5-7-12(11)18/h4-7,14H,1-3H3,(H,19,20,22)/t14-/m1/s1. The van der Waals surface area contributed by atoms with Crippen LogP contribution < -0.4 is 10.3 Å². The molecule has 0 fully saturated rings. The van der Waals surface area contributed by atoms with Gasteiger partial charge in [-0.25, -0.2) is 0 Å². The molecule has 0 bridgehead atoms. The number of ketones is 1. The number of ether oxygens (including phenoxy) is 1. The second-order valence-corrected chi connectivity index (χ2v) is 5.86. The summed E-state index contributed by atoms with van der Waals surface area (Å²) < 4.78 is 5.64. The van der Waals surface area contributed by atoms with E-state index in [1.165, 1.54) is 6.92 Å². The average Bonchev–Trinajstić information content (AvgIpc) is 2.45. The molecule has 1 aliphatic rings. The number of allylic oxidation sites excluding steroid dienone is 2. The van der Waals surface area contributed by atoms with Crippen LogP contribution in [0.3, 0.4) is 0 Å². The summed E-state index contributed by atoms with van der Waals surface area (Å²) in [7, 11) is 0. The molecule has 6 heteroatoms. The van der Waals surface area contributed by atoms with E-state index in [1.807, 2.05) is 6.07 Å². The van der Waals surface area contributed by atoms with E-state index >= 15 is 0 Å². The highest BCUT2D eigenvalue weighted by molar-refractivity contribution is 6.31. The number of hydrogen-bond donors (Lipinski definition) is 1. The highest BCUT2D eigenvalue weighted by Crippen LogP contribution is 2.42. The van der Waals surface area contributed by atoms with E-state index in [1.54, 1.807) is 32.0 Å². The lowest BCUT2D eigenvalue weighted by Crippen LogP contribution is -2.28. The fourth-order valence-electron chi connectivity index (χ4n) is 2.92. The Labute approximate surface area is 138 Å². The van der Waals surface area contributed by atoms with Crippen LogP contribution in [0.1, 0.15) is 36.7 Å². The van der Waals surface area contributed by atoms with Gasteiger partial charge in [0.1, 0.15) is 11.6 Å². The summed E-state index contributed by atoms with van der Waals surface area (Å²) in [5.74, 6) is 0.344. The van der Waals surface area contributed by atoms with Crippen molar-refractivity contribution in [3.05, 3.63) is 67.9 Å². The van der Waals surface area contributed by atoms with Crippen LogP contribution in [0.5, 0.6) is 5.88 Å². The molecule has 1 aromatic carbocycles. The monoisotopic (exact) mass is 330 g/mol. The number of rotatable bonds is 2. The first-order valence-corrected chi connectivity index (χ1v) is 7.52. The second kappa shape index (κ2) is 5.66. The number of benzene rings is 1. The zero-order valence-corrected chi connectivity index (χ0v) is 13.7. The largest absolute Gasteiger partial charge is 0.443 e. The third-order valence-corrected chi connectivity index (χ3v) is 4.18. The summed E-state index contributed by atoms with van der Waals surface area (Å²) in [5, 5.41) is 0.483. The quantitative estimate of drug-likeness (QED) is 0.918. The van der Waals surface area contributed by atoms with Crippen LogP contribution in [0.15, 0.2) is 40.4 Å². The predicted octanol–water partition coefficient (Wildman–Crippen LogP) is 3.12. The van der Waals surface area contributed by atoms with E-state index in [0.717, 1.165) is 0 Å². The number of H-pyrrole nitrogens is 1. The number of nitrogens with zero attached hydrogens (tertiary/aromatic N) is 1. The number of carbonyl (C=O) groups is 1. The number of aromatic nitrogens is 2. The molecule has 1 atom stereocenters. The number of carbonyl (C=O) groups excluding carboxylic acids is 1. The Morgan fingerprint density at radius 2 is 2.00 bits per heavy atom. The van der Waals surface area contributed by atoms with Crippen molar-refractivity contribution >= 4 is 17.4 Å². The third kappa shape index (κ3) is 2.57. The maximum absolute atomic E-state index is 12.5. The molecule has 0 saturated heterocycles. The Hall–Kier alpha value is -2.40. The highest BCUT2D eigenvalue weighted by Gasteiger charge is 2.36. The molecular formula is C17H15ClN2O3. The molecule has 2 aromatic rings. The van der Waals surface area contributed by atoms with Gasteiger partial charge in [-0.15, -0.1) is 0 Å². The molecule has 0 saturated carbocycles. The molecule has 0 spiro atoms. The van der Waals surface area contributed by atoms with Crippen LogP contribution >= 0.6 is 11.6 Å². The molecule has 0 amide bonds. The molecule has 23 heavy (non-hydrogen) atoms. The summed E-state index contributed by atoms with van der Waals surface area (Å²) in [6.07, 6.45) is 0. The normalized spacial score (nSPS) is 16.8. The average molecular weight is 331 g/mol. The smallest absolute Gasteiger partial charge is 0.258 e. The molecule has 118 valence electrons. The summed E-state index contributed by atoms with van der Waals surface area (Å²) in [5.41, 5.74) is 1.07. The fourth-order valence-corrected chi connectivity index (χ4v) is 3.17. The molecule has 2 heterocycles. The fraction of sp³-hybridized carbons (Fsp3) is 0.235. The van der Waals surface area contributed by atoms with Crippen LogP contribution in [0.2, 0.25) is 5.02 Å². The first kappa shape index (κ1) is 15.5. The maximum Gasteiger partial charge on any atom is 0.258 e. The topological polar surface area (TPSA) is 72.0 Å². The van der Waals surface area contributed by atoms with Gasteiger partial charge in [0.25, 0.3) is 5.56 Å². The van der Waals surface area contributed by atoms with Crippen LogP contribution in [-0.2, 0) is 4.79 Å². The summed E-state index contributed by atoms with van der Waals surface area (Å²) in [4.78, 5) is 31.6. The Morgan fingerprint density at radius 3 is 2.65 bits per heavy atom. The van der Waals surface area contributed by atoms with Crippen LogP contribution in [0, 0.1) is 6.92 Å². The minimum Gasteiger partial charge on any atom is -0.443 e. The van der Waals surface area contributed by atoms with Crippen LogP contribution in [0.4, 0.5) is 0 Å². The van der Waals surface area contributed by atoms with Gasteiger partial charge in [-0.2, -0.15) is 4.98 Å². The number of nitrogens with one attached hydrogen (secondary N) is 1. The van der Waals surface area contributed by atoms with Crippen LogP contribution in [-0.4, -0.2) is 15.8 Å². The Kier molecular flexibility index (Phi) is 3.82. The minimum atomic E-state index is -0.596. The Morgan fingerprint density at radius 1 is 1.30 bits per heavy atom. The number of hydrogen-bond acceptors (Lipinski definition) is 4. The van der Waals surface area contributed by atoms with Gasteiger partial charge < -0.3 is 9.72 Å². The minimum absolute atomic E-state index is 0.168. The number of fused-ring (bicyclic) bond motifs is 1. The molecule has 1 N–H and O–H groups in total.